The smallest absolute Gasteiger partial charge is 0.222 e. The van der Waals surface area contributed by atoms with Crippen molar-refractivity contribution in [1.29, 1.82) is 0 Å². The number of amides is 1. The fraction of sp³-hybridized carbons (Fsp3) is 0.520. The lowest BCUT2D eigenvalue weighted by atomic mass is 9.98. The van der Waals surface area contributed by atoms with Crippen molar-refractivity contribution in [3.05, 3.63) is 54.4 Å². The summed E-state index contributed by atoms with van der Waals surface area (Å²) in [6.45, 7) is 3.95. The number of ether oxygens (including phenoxy) is 1. The normalized spacial score (nSPS) is 18.8. The van der Waals surface area contributed by atoms with E-state index in [2.05, 4.69) is 45.3 Å². The summed E-state index contributed by atoms with van der Waals surface area (Å²) in [7, 11) is 0. The zero-order valence-corrected chi connectivity index (χ0v) is 19.2. The summed E-state index contributed by atoms with van der Waals surface area (Å²) in [6.07, 6.45) is 11.7. The number of aromatic nitrogens is 1. The molecule has 0 spiro atoms. The number of hydrogen-bond donors (Lipinski definition) is 0. The third-order valence-corrected chi connectivity index (χ3v) is 7.29. The highest BCUT2D eigenvalue weighted by molar-refractivity contribution is 7.98. The summed E-state index contributed by atoms with van der Waals surface area (Å²) in [5.74, 6) is 1.22. The Morgan fingerprint density at radius 1 is 1.00 bits per heavy atom. The largest absolute Gasteiger partial charge is 0.490 e. The molecule has 1 aromatic heterocycles. The van der Waals surface area contributed by atoms with Gasteiger partial charge in [-0.25, -0.2) is 0 Å². The number of nitrogens with zero attached hydrogens (tertiary/aromatic N) is 3. The maximum atomic E-state index is 12.7. The number of benzene rings is 1. The van der Waals surface area contributed by atoms with Crippen LogP contribution in [-0.4, -0.2) is 65.3 Å². The number of rotatable bonds is 7. The predicted molar refractivity (Wildman–Crippen MR) is 126 cm³/mol. The molecule has 5 nitrogen and oxygen atoms in total. The monoisotopic (exact) mass is 439 g/mol. The second kappa shape index (κ2) is 11.0. The zero-order valence-electron chi connectivity index (χ0n) is 18.4. The number of aryl methyl sites for hydroxylation is 1. The lowest BCUT2D eigenvalue weighted by molar-refractivity contribution is -0.132. The van der Waals surface area contributed by atoms with Crippen LogP contribution in [0.4, 0.5) is 0 Å². The van der Waals surface area contributed by atoms with Gasteiger partial charge in [-0.05, 0) is 68.2 Å². The minimum absolute atomic E-state index is 0.297. The minimum Gasteiger partial charge on any atom is -0.490 e. The van der Waals surface area contributed by atoms with Gasteiger partial charge in [-0.3, -0.25) is 14.7 Å². The molecule has 2 aromatic rings. The van der Waals surface area contributed by atoms with E-state index in [0.29, 0.717) is 24.5 Å². The molecule has 31 heavy (non-hydrogen) atoms. The minimum atomic E-state index is 0.297. The van der Waals surface area contributed by atoms with Gasteiger partial charge in [0.2, 0.25) is 5.91 Å². The van der Waals surface area contributed by atoms with Crippen LogP contribution in [0.2, 0.25) is 0 Å². The van der Waals surface area contributed by atoms with Gasteiger partial charge in [-0.15, -0.1) is 11.8 Å². The van der Waals surface area contributed by atoms with E-state index in [0.717, 1.165) is 64.0 Å². The van der Waals surface area contributed by atoms with Gasteiger partial charge in [0.25, 0.3) is 0 Å². The van der Waals surface area contributed by atoms with Crippen LogP contribution in [0.5, 0.6) is 5.75 Å². The van der Waals surface area contributed by atoms with E-state index in [-0.39, 0.29) is 0 Å². The molecule has 0 aliphatic carbocycles. The molecule has 3 heterocycles. The summed E-state index contributed by atoms with van der Waals surface area (Å²) in [5, 5.41) is 0. The van der Waals surface area contributed by atoms with Crippen molar-refractivity contribution in [2.75, 3.05) is 32.4 Å². The van der Waals surface area contributed by atoms with Crippen LogP contribution in [0, 0.1) is 0 Å². The van der Waals surface area contributed by atoms with Gasteiger partial charge in [0.1, 0.15) is 11.9 Å². The predicted octanol–water partition coefficient (Wildman–Crippen LogP) is 4.27. The first-order valence-electron chi connectivity index (χ1n) is 11.4. The van der Waals surface area contributed by atoms with Gasteiger partial charge < -0.3 is 9.64 Å². The molecule has 0 radical (unpaired) electrons. The van der Waals surface area contributed by atoms with E-state index < -0.39 is 0 Å². The SMILES string of the molecule is CSc1ccc(CCC(=O)N2CCC(N3CCC(Oc4ccncc4)CC3)CC2)cc1. The number of carbonyl (C=O) groups is 1. The quantitative estimate of drug-likeness (QED) is 0.603. The fourth-order valence-corrected chi connectivity index (χ4v) is 5.06. The zero-order chi connectivity index (χ0) is 21.5. The first-order valence-corrected chi connectivity index (χ1v) is 12.6. The molecule has 2 aliphatic rings. The molecule has 166 valence electrons. The molecule has 0 saturated carbocycles. The number of carbonyl (C=O) groups excluding carboxylic acids is 1. The van der Waals surface area contributed by atoms with Gasteiger partial charge in [0.15, 0.2) is 0 Å². The lowest BCUT2D eigenvalue weighted by Crippen LogP contribution is -2.50. The van der Waals surface area contributed by atoms with Gasteiger partial charge >= 0.3 is 0 Å². The third-order valence-electron chi connectivity index (χ3n) is 6.55. The summed E-state index contributed by atoms with van der Waals surface area (Å²) >= 11 is 1.75. The Hall–Kier alpha value is -2.05. The van der Waals surface area contributed by atoms with Crippen LogP contribution in [0.3, 0.4) is 0 Å². The molecule has 1 amide bonds. The van der Waals surface area contributed by atoms with E-state index >= 15 is 0 Å². The Labute approximate surface area is 190 Å². The highest BCUT2D eigenvalue weighted by atomic mass is 32.2. The van der Waals surface area contributed by atoms with Crippen molar-refractivity contribution in [2.45, 2.75) is 55.6 Å². The average molecular weight is 440 g/mol. The van der Waals surface area contributed by atoms with Gasteiger partial charge in [0.05, 0.1) is 0 Å². The Morgan fingerprint density at radius 3 is 2.32 bits per heavy atom. The molecule has 0 N–H and O–H groups in total. The first kappa shape index (κ1) is 22.2. The van der Waals surface area contributed by atoms with Gasteiger partial charge in [-0.1, -0.05) is 12.1 Å². The van der Waals surface area contributed by atoms with Crippen LogP contribution in [0.15, 0.2) is 53.7 Å². The van der Waals surface area contributed by atoms with Crippen LogP contribution in [-0.2, 0) is 11.2 Å². The molecule has 2 saturated heterocycles. The van der Waals surface area contributed by atoms with Crippen molar-refractivity contribution in [2.24, 2.45) is 0 Å². The Balaban J connectivity index is 1.16. The van der Waals surface area contributed by atoms with E-state index in [1.54, 1.807) is 24.2 Å². The number of thioether (sulfide) groups is 1. The number of piperidine rings is 2. The first-order chi connectivity index (χ1) is 15.2. The second-order valence-electron chi connectivity index (χ2n) is 8.50. The molecule has 2 fully saturated rings. The topological polar surface area (TPSA) is 45.7 Å². The molecule has 2 aliphatic heterocycles. The molecular formula is C25H33N3O2S. The summed E-state index contributed by atoms with van der Waals surface area (Å²) < 4.78 is 6.09. The van der Waals surface area contributed by atoms with Crippen molar-refractivity contribution < 1.29 is 9.53 Å². The maximum absolute atomic E-state index is 12.7. The Kier molecular flexibility index (Phi) is 7.86. The van der Waals surface area contributed by atoms with Crippen LogP contribution < -0.4 is 4.74 Å². The van der Waals surface area contributed by atoms with Crippen molar-refractivity contribution in [3.8, 4) is 5.75 Å². The highest BCUT2D eigenvalue weighted by Gasteiger charge is 2.30. The van der Waals surface area contributed by atoms with Gasteiger partial charge in [0, 0.05) is 55.9 Å². The van der Waals surface area contributed by atoms with Crippen LogP contribution in [0.1, 0.15) is 37.7 Å². The van der Waals surface area contributed by atoms with Crippen molar-refractivity contribution in [1.82, 2.24) is 14.8 Å². The second-order valence-corrected chi connectivity index (χ2v) is 9.38. The summed E-state index contributed by atoms with van der Waals surface area (Å²) in [4.78, 5) is 22.7. The van der Waals surface area contributed by atoms with E-state index in [1.807, 2.05) is 12.1 Å². The molecule has 1 aromatic carbocycles. The molecular weight excluding hydrogens is 406 g/mol. The third kappa shape index (κ3) is 6.23. The number of hydrogen-bond acceptors (Lipinski definition) is 5. The number of pyridine rings is 1. The van der Waals surface area contributed by atoms with Gasteiger partial charge in [-0.2, -0.15) is 0 Å². The summed E-state index contributed by atoms with van der Waals surface area (Å²) in [6, 6.07) is 13.0. The van der Waals surface area contributed by atoms with Crippen molar-refractivity contribution in [3.63, 3.8) is 0 Å². The molecule has 0 bridgehead atoms. The maximum Gasteiger partial charge on any atom is 0.222 e. The molecule has 0 atom stereocenters. The van der Waals surface area contributed by atoms with Crippen LogP contribution >= 0.6 is 11.8 Å². The molecule has 6 heteroatoms. The number of likely N-dealkylation sites (tertiary alicyclic amines) is 2. The Morgan fingerprint density at radius 2 is 1.68 bits per heavy atom. The van der Waals surface area contributed by atoms with E-state index in [9.17, 15) is 4.79 Å². The van der Waals surface area contributed by atoms with Crippen molar-refractivity contribution >= 4 is 17.7 Å². The van der Waals surface area contributed by atoms with Crippen LogP contribution in [0.25, 0.3) is 0 Å². The molecule has 4 rings (SSSR count). The fourth-order valence-electron chi connectivity index (χ4n) is 4.65. The standard InChI is InChI=1S/C25H33N3O2S/c1-31-24-5-2-20(3-6-24)4-7-25(29)28-16-10-21(11-17-28)27-18-12-23(13-19-27)30-22-8-14-26-15-9-22/h2-3,5-6,8-9,14-15,21,23H,4,7,10-13,16-19H2,1H3. The summed E-state index contributed by atoms with van der Waals surface area (Å²) in [5.41, 5.74) is 1.25. The lowest BCUT2D eigenvalue weighted by Gasteiger charge is -2.41. The van der Waals surface area contributed by atoms with E-state index in [4.69, 9.17) is 4.74 Å². The molecule has 0 unspecified atom stereocenters. The highest BCUT2D eigenvalue weighted by Crippen LogP contribution is 2.24. The van der Waals surface area contributed by atoms with E-state index in [1.165, 1.54) is 10.5 Å². The Bertz CT molecular complexity index is 814. The average Bonchev–Trinajstić information content (AvgIpc) is 2.84.